The number of aliphatic hydroxyl groups is 1. The standard InChI is InChI=1S/C20H28O3/c1-13-6-5-7-14(2)10-17(21)11-15(3)12-19-18(9-8-13)16(4)20(22)23-19/h7-8,11,17-19,21H,4-6,9-10,12H2,1-3H3/b13-8+,14-7-,15-11+/t17-,18+,19-/m0/s1. The predicted octanol–water partition coefficient (Wildman–Crippen LogP) is 4.25. The van der Waals surface area contributed by atoms with Crippen LogP contribution in [0, 0.1) is 5.92 Å². The van der Waals surface area contributed by atoms with Crippen LogP contribution in [0.25, 0.3) is 0 Å². The number of hydrogen-bond donors (Lipinski definition) is 1. The number of aliphatic hydroxyl groups excluding tert-OH is 1. The van der Waals surface area contributed by atoms with E-state index in [0.29, 0.717) is 18.4 Å². The molecule has 23 heavy (non-hydrogen) atoms. The van der Waals surface area contributed by atoms with Crippen LogP contribution in [-0.4, -0.2) is 23.3 Å². The molecule has 0 spiro atoms. The first-order valence-electron chi connectivity index (χ1n) is 8.43. The van der Waals surface area contributed by atoms with Crippen molar-refractivity contribution in [3.63, 3.8) is 0 Å². The molecular formula is C20H28O3. The van der Waals surface area contributed by atoms with Crippen LogP contribution in [0.4, 0.5) is 0 Å². The van der Waals surface area contributed by atoms with Gasteiger partial charge in [0.15, 0.2) is 0 Å². The summed E-state index contributed by atoms with van der Waals surface area (Å²) in [4.78, 5) is 11.9. The fourth-order valence-corrected chi connectivity index (χ4v) is 3.31. The Hall–Kier alpha value is -1.61. The van der Waals surface area contributed by atoms with E-state index in [2.05, 4.69) is 32.6 Å². The molecule has 1 fully saturated rings. The third kappa shape index (κ3) is 4.93. The molecule has 1 N–H and O–H groups in total. The molecule has 2 rings (SSSR count). The molecule has 126 valence electrons. The average Bonchev–Trinajstić information content (AvgIpc) is 2.70. The van der Waals surface area contributed by atoms with Crippen molar-refractivity contribution in [1.29, 1.82) is 0 Å². The van der Waals surface area contributed by atoms with Gasteiger partial charge < -0.3 is 9.84 Å². The van der Waals surface area contributed by atoms with Gasteiger partial charge in [-0.2, -0.15) is 0 Å². The molecule has 1 aliphatic carbocycles. The molecular weight excluding hydrogens is 288 g/mol. The summed E-state index contributed by atoms with van der Waals surface area (Å²) in [6.07, 6.45) is 9.74. The minimum absolute atomic E-state index is 0.0400. The van der Waals surface area contributed by atoms with Gasteiger partial charge in [-0.1, -0.05) is 41.5 Å². The van der Waals surface area contributed by atoms with E-state index in [9.17, 15) is 9.90 Å². The zero-order chi connectivity index (χ0) is 17.0. The van der Waals surface area contributed by atoms with Crippen LogP contribution in [0.3, 0.4) is 0 Å². The first-order valence-corrected chi connectivity index (χ1v) is 8.43. The van der Waals surface area contributed by atoms with Crippen LogP contribution in [0.2, 0.25) is 0 Å². The third-order valence-corrected chi connectivity index (χ3v) is 4.70. The number of carbonyl (C=O) groups excluding carboxylic acids is 1. The molecule has 0 aromatic rings. The van der Waals surface area contributed by atoms with Crippen LogP contribution in [0.1, 0.15) is 52.9 Å². The van der Waals surface area contributed by atoms with Gasteiger partial charge in [0.05, 0.1) is 6.10 Å². The maximum atomic E-state index is 11.9. The number of fused-ring (bicyclic) bond motifs is 1. The number of carbonyl (C=O) groups is 1. The molecule has 0 amide bonds. The van der Waals surface area contributed by atoms with Crippen molar-refractivity contribution >= 4 is 5.97 Å². The van der Waals surface area contributed by atoms with E-state index in [0.717, 1.165) is 24.8 Å². The van der Waals surface area contributed by atoms with Gasteiger partial charge in [-0.3, -0.25) is 0 Å². The zero-order valence-electron chi connectivity index (χ0n) is 14.5. The summed E-state index contributed by atoms with van der Waals surface area (Å²) in [5.41, 5.74) is 4.17. The minimum atomic E-state index is -0.482. The number of allylic oxidation sites excluding steroid dienone is 3. The lowest BCUT2D eigenvalue weighted by Gasteiger charge is -2.18. The summed E-state index contributed by atoms with van der Waals surface area (Å²) in [7, 11) is 0. The van der Waals surface area contributed by atoms with Gasteiger partial charge in [0.2, 0.25) is 0 Å². The highest BCUT2D eigenvalue weighted by Gasteiger charge is 2.37. The molecule has 0 aromatic carbocycles. The highest BCUT2D eigenvalue weighted by atomic mass is 16.6. The van der Waals surface area contributed by atoms with E-state index < -0.39 is 6.10 Å². The molecule has 0 radical (unpaired) electrons. The van der Waals surface area contributed by atoms with Gasteiger partial charge in [-0.15, -0.1) is 0 Å². The molecule has 0 bridgehead atoms. The molecule has 2 aliphatic rings. The van der Waals surface area contributed by atoms with Crippen molar-refractivity contribution < 1.29 is 14.6 Å². The minimum Gasteiger partial charge on any atom is -0.458 e. The van der Waals surface area contributed by atoms with Gasteiger partial charge in [0.25, 0.3) is 0 Å². The Labute approximate surface area is 139 Å². The summed E-state index contributed by atoms with van der Waals surface area (Å²) in [6.45, 7) is 10.1. The Bertz CT molecular complexity index is 565. The van der Waals surface area contributed by atoms with Gasteiger partial charge in [-0.25, -0.2) is 4.79 Å². The second-order valence-corrected chi connectivity index (χ2v) is 6.94. The van der Waals surface area contributed by atoms with Gasteiger partial charge in [-0.05, 0) is 46.5 Å². The first kappa shape index (κ1) is 17.7. The van der Waals surface area contributed by atoms with Crippen molar-refractivity contribution in [2.24, 2.45) is 5.92 Å². The maximum absolute atomic E-state index is 11.9. The van der Waals surface area contributed by atoms with Crippen LogP contribution in [0.5, 0.6) is 0 Å². The van der Waals surface area contributed by atoms with Crippen molar-refractivity contribution in [3.8, 4) is 0 Å². The first-order chi connectivity index (χ1) is 10.9. The number of hydrogen-bond acceptors (Lipinski definition) is 3. The lowest BCUT2D eigenvalue weighted by molar-refractivity contribution is -0.139. The van der Waals surface area contributed by atoms with E-state index in [1.54, 1.807) is 0 Å². The Balaban J connectivity index is 2.24. The second-order valence-electron chi connectivity index (χ2n) is 6.94. The van der Waals surface area contributed by atoms with E-state index >= 15 is 0 Å². The molecule has 3 heteroatoms. The third-order valence-electron chi connectivity index (χ3n) is 4.70. The lowest BCUT2D eigenvalue weighted by atomic mass is 9.88. The van der Waals surface area contributed by atoms with E-state index in [1.165, 1.54) is 11.1 Å². The number of esters is 1. The van der Waals surface area contributed by atoms with Crippen molar-refractivity contribution in [3.05, 3.63) is 47.1 Å². The van der Waals surface area contributed by atoms with Crippen molar-refractivity contribution in [2.75, 3.05) is 0 Å². The quantitative estimate of drug-likeness (QED) is 0.413. The van der Waals surface area contributed by atoms with Crippen LogP contribution in [0.15, 0.2) is 47.1 Å². The van der Waals surface area contributed by atoms with Crippen molar-refractivity contribution in [2.45, 2.75) is 65.1 Å². The van der Waals surface area contributed by atoms with Gasteiger partial charge in [0, 0.05) is 17.9 Å². The number of ether oxygens (including phenoxy) is 1. The molecule has 1 heterocycles. The normalized spacial score (nSPS) is 37.4. The summed E-state index contributed by atoms with van der Waals surface area (Å²) in [5.74, 6) is -0.237. The fourth-order valence-electron chi connectivity index (χ4n) is 3.31. The largest absolute Gasteiger partial charge is 0.458 e. The predicted molar refractivity (Wildman–Crippen MR) is 92.9 cm³/mol. The molecule has 3 nitrogen and oxygen atoms in total. The summed E-state index contributed by atoms with van der Waals surface area (Å²) < 4.78 is 5.50. The summed E-state index contributed by atoms with van der Waals surface area (Å²) >= 11 is 0. The molecule has 1 aliphatic heterocycles. The molecule has 0 aromatic heterocycles. The van der Waals surface area contributed by atoms with E-state index in [4.69, 9.17) is 4.74 Å². The van der Waals surface area contributed by atoms with E-state index in [-0.39, 0.29) is 18.0 Å². The number of rotatable bonds is 0. The molecule has 0 saturated carbocycles. The Kier molecular flexibility index (Phi) is 6.00. The monoisotopic (exact) mass is 316 g/mol. The molecule has 1 saturated heterocycles. The Morgan fingerprint density at radius 3 is 2.61 bits per heavy atom. The van der Waals surface area contributed by atoms with Gasteiger partial charge >= 0.3 is 5.97 Å². The van der Waals surface area contributed by atoms with Crippen LogP contribution >= 0.6 is 0 Å². The van der Waals surface area contributed by atoms with Crippen molar-refractivity contribution in [1.82, 2.24) is 0 Å². The SMILES string of the molecule is C=C1C(=O)O[C@H]2C/C(C)=C/[C@@H](O)C/C(C)=C\CC/C(C)=C/C[C@H]12. The Morgan fingerprint density at radius 1 is 1.13 bits per heavy atom. The topological polar surface area (TPSA) is 46.5 Å². The Morgan fingerprint density at radius 2 is 1.87 bits per heavy atom. The molecule has 3 atom stereocenters. The summed E-state index contributed by atoms with van der Waals surface area (Å²) in [5, 5.41) is 10.2. The second kappa shape index (κ2) is 7.78. The lowest BCUT2D eigenvalue weighted by Crippen LogP contribution is -2.17. The fraction of sp³-hybridized carbons (Fsp3) is 0.550. The smallest absolute Gasteiger partial charge is 0.334 e. The van der Waals surface area contributed by atoms with Gasteiger partial charge in [0.1, 0.15) is 6.10 Å². The van der Waals surface area contributed by atoms with E-state index in [1.807, 2.05) is 13.0 Å². The van der Waals surface area contributed by atoms with Crippen LogP contribution in [-0.2, 0) is 9.53 Å². The highest BCUT2D eigenvalue weighted by molar-refractivity contribution is 5.90. The zero-order valence-corrected chi connectivity index (χ0v) is 14.5. The summed E-state index contributed by atoms with van der Waals surface area (Å²) in [6, 6.07) is 0. The maximum Gasteiger partial charge on any atom is 0.334 e. The highest BCUT2D eigenvalue weighted by Crippen LogP contribution is 2.34. The van der Waals surface area contributed by atoms with Crippen LogP contribution < -0.4 is 0 Å². The average molecular weight is 316 g/mol. The molecule has 0 unspecified atom stereocenters.